The highest BCUT2D eigenvalue weighted by Crippen LogP contribution is 2.25. The summed E-state index contributed by atoms with van der Waals surface area (Å²) in [6, 6.07) is 16.2. The van der Waals surface area contributed by atoms with Crippen LogP contribution in [-0.4, -0.2) is 52.1 Å². The first-order valence-electron chi connectivity index (χ1n) is 10.2. The molecule has 2 heterocycles. The Morgan fingerprint density at radius 1 is 1.09 bits per heavy atom. The minimum Gasteiger partial charge on any atom is -0.478 e. The lowest BCUT2D eigenvalue weighted by atomic mass is 10.1. The van der Waals surface area contributed by atoms with E-state index in [0.29, 0.717) is 23.3 Å². The molecule has 3 N–H and O–H groups in total. The van der Waals surface area contributed by atoms with E-state index in [0.717, 1.165) is 35.9 Å². The van der Waals surface area contributed by atoms with Crippen LogP contribution < -0.4 is 5.32 Å². The first kappa shape index (κ1) is 24.2. The van der Waals surface area contributed by atoms with E-state index in [9.17, 15) is 14.4 Å². The van der Waals surface area contributed by atoms with E-state index in [4.69, 9.17) is 14.6 Å². The first-order valence-corrected chi connectivity index (χ1v) is 11.0. The standard InChI is InChI=1S/C20H19BrN2O2.C4H4O4/c21-16-10-15-7-9-25-19(15)18(11-16)20(24)22-17-6-8-23(13-17)12-14-4-2-1-3-5-14;5-3(6)1-2-4(7)8/h1-5,7,9-11,17H,6,8,12-13H2,(H,22,24);1-2H,(H,5,6)(H,7,8). The van der Waals surface area contributed by atoms with Gasteiger partial charge in [0.25, 0.3) is 5.91 Å². The fourth-order valence-corrected chi connectivity index (χ4v) is 4.03. The minimum atomic E-state index is -1.26. The number of amides is 1. The highest BCUT2D eigenvalue weighted by molar-refractivity contribution is 9.10. The molecule has 1 aliphatic heterocycles. The quantitative estimate of drug-likeness (QED) is 0.426. The van der Waals surface area contributed by atoms with Crippen molar-refractivity contribution in [2.45, 2.75) is 19.0 Å². The summed E-state index contributed by atoms with van der Waals surface area (Å²) in [7, 11) is 0. The molecule has 0 saturated carbocycles. The van der Waals surface area contributed by atoms with Gasteiger partial charge >= 0.3 is 11.9 Å². The molecule has 4 rings (SSSR count). The van der Waals surface area contributed by atoms with Gasteiger partial charge in [-0.05, 0) is 30.2 Å². The molecular formula is C24H23BrN2O6. The van der Waals surface area contributed by atoms with Gasteiger partial charge in [-0.3, -0.25) is 9.69 Å². The Kier molecular flexibility index (Phi) is 8.39. The second kappa shape index (κ2) is 11.4. The lowest BCUT2D eigenvalue weighted by Crippen LogP contribution is -2.37. The number of aliphatic carboxylic acids is 2. The Morgan fingerprint density at radius 2 is 1.79 bits per heavy atom. The zero-order chi connectivity index (χ0) is 23.8. The molecule has 1 saturated heterocycles. The van der Waals surface area contributed by atoms with Crippen LogP contribution in [0.15, 0.2) is 75.8 Å². The first-order chi connectivity index (χ1) is 15.8. The largest absolute Gasteiger partial charge is 0.478 e. The van der Waals surface area contributed by atoms with Crippen molar-refractivity contribution in [1.29, 1.82) is 0 Å². The van der Waals surface area contributed by atoms with Gasteiger partial charge in [0, 0.05) is 47.7 Å². The maximum absolute atomic E-state index is 12.7. The van der Waals surface area contributed by atoms with Crippen LogP contribution in [0.3, 0.4) is 0 Å². The molecule has 1 aliphatic rings. The van der Waals surface area contributed by atoms with Gasteiger partial charge in [0.1, 0.15) is 5.58 Å². The number of carboxylic acids is 2. The van der Waals surface area contributed by atoms with Crippen LogP contribution in [0.1, 0.15) is 22.3 Å². The summed E-state index contributed by atoms with van der Waals surface area (Å²) < 4.78 is 6.38. The molecule has 1 aromatic heterocycles. The average Bonchev–Trinajstić information content (AvgIpc) is 3.42. The number of benzene rings is 2. The van der Waals surface area contributed by atoms with Gasteiger partial charge in [0.2, 0.25) is 0 Å². The molecule has 3 aromatic rings. The number of nitrogens with zero attached hydrogens (tertiary/aromatic N) is 1. The molecule has 1 unspecified atom stereocenters. The SMILES string of the molecule is O=C(NC1CCN(Cc2ccccc2)C1)c1cc(Br)cc2ccoc12.O=C(O)C=CC(=O)O. The van der Waals surface area contributed by atoms with E-state index >= 15 is 0 Å². The molecule has 1 fully saturated rings. The summed E-state index contributed by atoms with van der Waals surface area (Å²) in [6.07, 6.45) is 3.70. The third-order valence-corrected chi connectivity index (χ3v) is 5.44. The zero-order valence-corrected chi connectivity index (χ0v) is 19.2. The Labute approximate surface area is 198 Å². The Morgan fingerprint density at radius 3 is 2.45 bits per heavy atom. The van der Waals surface area contributed by atoms with Crippen LogP contribution in [0.2, 0.25) is 0 Å². The summed E-state index contributed by atoms with van der Waals surface area (Å²) in [4.78, 5) is 34.2. The van der Waals surface area contributed by atoms with E-state index in [-0.39, 0.29) is 11.9 Å². The molecule has 33 heavy (non-hydrogen) atoms. The van der Waals surface area contributed by atoms with Gasteiger partial charge in [0.05, 0.1) is 11.8 Å². The number of carbonyl (C=O) groups excluding carboxylic acids is 1. The van der Waals surface area contributed by atoms with Crippen molar-refractivity contribution < 1.29 is 29.0 Å². The smallest absolute Gasteiger partial charge is 0.328 e. The molecule has 2 aromatic carbocycles. The van der Waals surface area contributed by atoms with Crippen molar-refractivity contribution >= 4 is 44.7 Å². The summed E-state index contributed by atoms with van der Waals surface area (Å²) >= 11 is 3.47. The molecule has 0 bridgehead atoms. The van der Waals surface area contributed by atoms with Crippen LogP contribution in [0.4, 0.5) is 0 Å². The molecule has 0 aliphatic carbocycles. The second-order valence-corrected chi connectivity index (χ2v) is 8.40. The highest BCUT2D eigenvalue weighted by Gasteiger charge is 2.25. The van der Waals surface area contributed by atoms with E-state index < -0.39 is 11.9 Å². The predicted molar refractivity (Wildman–Crippen MR) is 126 cm³/mol. The fourth-order valence-electron chi connectivity index (χ4n) is 3.56. The van der Waals surface area contributed by atoms with Crippen molar-refractivity contribution in [3.05, 3.63) is 82.5 Å². The lowest BCUT2D eigenvalue weighted by Gasteiger charge is -2.17. The molecular weight excluding hydrogens is 492 g/mol. The minimum absolute atomic E-state index is 0.0761. The predicted octanol–water partition coefficient (Wildman–Crippen LogP) is 3.91. The average molecular weight is 515 g/mol. The Bertz CT molecular complexity index is 1140. The Hall–Kier alpha value is -3.43. The molecule has 0 spiro atoms. The molecule has 1 atom stereocenters. The summed E-state index contributed by atoms with van der Waals surface area (Å²) in [5, 5.41) is 19.7. The number of hydrogen-bond acceptors (Lipinski definition) is 5. The lowest BCUT2D eigenvalue weighted by molar-refractivity contribution is -0.134. The number of fused-ring (bicyclic) bond motifs is 1. The maximum Gasteiger partial charge on any atom is 0.328 e. The van der Waals surface area contributed by atoms with Gasteiger partial charge in [0.15, 0.2) is 0 Å². The third kappa shape index (κ3) is 7.30. The molecule has 9 heteroatoms. The van der Waals surface area contributed by atoms with Crippen molar-refractivity contribution in [3.63, 3.8) is 0 Å². The monoisotopic (exact) mass is 514 g/mol. The van der Waals surface area contributed by atoms with Crippen molar-refractivity contribution in [1.82, 2.24) is 10.2 Å². The van der Waals surface area contributed by atoms with E-state index in [1.54, 1.807) is 6.26 Å². The number of likely N-dealkylation sites (tertiary alicyclic amines) is 1. The van der Waals surface area contributed by atoms with Crippen LogP contribution in [0.25, 0.3) is 11.0 Å². The van der Waals surface area contributed by atoms with Crippen LogP contribution >= 0.6 is 15.9 Å². The molecule has 8 nitrogen and oxygen atoms in total. The number of halogens is 1. The van der Waals surface area contributed by atoms with Crippen LogP contribution in [0.5, 0.6) is 0 Å². The van der Waals surface area contributed by atoms with Gasteiger partial charge < -0.3 is 19.9 Å². The van der Waals surface area contributed by atoms with Gasteiger partial charge in [-0.15, -0.1) is 0 Å². The molecule has 0 radical (unpaired) electrons. The highest BCUT2D eigenvalue weighted by atomic mass is 79.9. The number of carbonyl (C=O) groups is 3. The van der Waals surface area contributed by atoms with E-state index in [2.05, 4.69) is 50.4 Å². The van der Waals surface area contributed by atoms with E-state index in [1.165, 1.54) is 5.56 Å². The number of nitrogens with one attached hydrogen (secondary N) is 1. The van der Waals surface area contributed by atoms with Crippen molar-refractivity contribution in [3.8, 4) is 0 Å². The maximum atomic E-state index is 12.7. The van der Waals surface area contributed by atoms with Gasteiger partial charge in [-0.25, -0.2) is 9.59 Å². The van der Waals surface area contributed by atoms with Crippen molar-refractivity contribution in [2.24, 2.45) is 0 Å². The molecule has 172 valence electrons. The summed E-state index contributed by atoms with van der Waals surface area (Å²) in [6.45, 7) is 2.79. The molecule has 1 amide bonds. The number of rotatable bonds is 6. The number of hydrogen-bond donors (Lipinski definition) is 3. The second-order valence-electron chi connectivity index (χ2n) is 7.48. The third-order valence-electron chi connectivity index (χ3n) is 4.99. The Balaban J connectivity index is 0.000000331. The van der Waals surface area contributed by atoms with Gasteiger partial charge in [-0.2, -0.15) is 0 Å². The van der Waals surface area contributed by atoms with Crippen LogP contribution in [0, 0.1) is 0 Å². The summed E-state index contributed by atoms with van der Waals surface area (Å²) in [5.74, 6) is -2.59. The number of furan rings is 1. The summed E-state index contributed by atoms with van der Waals surface area (Å²) in [5.41, 5.74) is 2.52. The van der Waals surface area contributed by atoms with Crippen LogP contribution in [-0.2, 0) is 16.1 Å². The van der Waals surface area contributed by atoms with Gasteiger partial charge in [-0.1, -0.05) is 46.3 Å². The zero-order valence-electron chi connectivity index (χ0n) is 17.6. The topological polar surface area (TPSA) is 120 Å². The normalized spacial score (nSPS) is 15.8. The fraction of sp³-hybridized carbons (Fsp3) is 0.208. The number of carboxylic acid groups (broad SMARTS) is 2. The van der Waals surface area contributed by atoms with Crippen molar-refractivity contribution in [2.75, 3.05) is 13.1 Å². The van der Waals surface area contributed by atoms with E-state index in [1.807, 2.05) is 24.3 Å².